The molecule has 3 rings (SSSR count). The van der Waals surface area contributed by atoms with Crippen molar-refractivity contribution < 1.29 is 13.9 Å². The fraction of sp³-hybridized carbons (Fsp3) is 0.389. The summed E-state index contributed by atoms with van der Waals surface area (Å²) in [7, 11) is 0. The minimum Gasteiger partial charge on any atom is -0.444 e. The highest BCUT2D eigenvalue weighted by Gasteiger charge is 2.24. The van der Waals surface area contributed by atoms with Gasteiger partial charge in [0.05, 0.1) is 11.9 Å². The van der Waals surface area contributed by atoms with Gasteiger partial charge in [-0.2, -0.15) is 0 Å². The highest BCUT2D eigenvalue weighted by Crippen LogP contribution is 2.22. The van der Waals surface area contributed by atoms with Gasteiger partial charge >= 0.3 is 6.09 Å². The van der Waals surface area contributed by atoms with Gasteiger partial charge in [0.1, 0.15) is 17.1 Å². The number of hydrogen-bond donors (Lipinski definition) is 0. The van der Waals surface area contributed by atoms with Gasteiger partial charge in [-0.15, -0.1) is 5.10 Å². The summed E-state index contributed by atoms with van der Waals surface area (Å²) in [5.74, 6) is -0.320. The Hall–Kier alpha value is -2.70. The quantitative estimate of drug-likeness (QED) is 0.837. The fourth-order valence-corrected chi connectivity index (χ4v) is 2.55. The molecular weight excluding hydrogens is 323 g/mol. The third-order valence-electron chi connectivity index (χ3n) is 3.76. The molecule has 0 unspecified atom stereocenters. The van der Waals surface area contributed by atoms with E-state index in [-0.39, 0.29) is 11.9 Å². The molecule has 0 bridgehead atoms. The zero-order valence-corrected chi connectivity index (χ0v) is 14.6. The lowest BCUT2D eigenvalue weighted by Gasteiger charge is -2.29. The molecule has 25 heavy (non-hydrogen) atoms. The van der Waals surface area contributed by atoms with Crippen LogP contribution in [0.2, 0.25) is 0 Å². The molecule has 1 aromatic carbocycles. The maximum Gasteiger partial charge on any atom is 0.410 e. The normalized spacial score (nSPS) is 15.0. The van der Waals surface area contributed by atoms with Gasteiger partial charge in [0.2, 0.25) is 0 Å². The van der Waals surface area contributed by atoms with Crippen LogP contribution in [0, 0.1) is 5.82 Å². The highest BCUT2D eigenvalue weighted by atomic mass is 19.1. The van der Waals surface area contributed by atoms with E-state index in [1.54, 1.807) is 27.9 Å². The number of carbonyl (C=O) groups is 1. The van der Waals surface area contributed by atoms with E-state index >= 15 is 0 Å². The topological polar surface area (TPSA) is 60.2 Å². The number of halogens is 1. The molecule has 2 aromatic rings. The molecule has 132 valence electrons. The van der Waals surface area contributed by atoms with Gasteiger partial charge in [0.25, 0.3) is 0 Å². The summed E-state index contributed by atoms with van der Waals surface area (Å²) in [5.41, 5.74) is 1.86. The van der Waals surface area contributed by atoms with Gasteiger partial charge in [-0.05, 0) is 51.0 Å². The molecule has 0 radical (unpaired) electrons. The number of benzene rings is 1. The highest BCUT2D eigenvalue weighted by molar-refractivity contribution is 5.71. The van der Waals surface area contributed by atoms with Crippen LogP contribution in [0.15, 0.2) is 36.5 Å². The monoisotopic (exact) mass is 344 g/mol. The van der Waals surface area contributed by atoms with Gasteiger partial charge in [0, 0.05) is 13.1 Å². The van der Waals surface area contributed by atoms with E-state index < -0.39 is 5.60 Å². The van der Waals surface area contributed by atoms with Crippen LogP contribution in [-0.2, 0) is 4.74 Å². The Bertz CT molecular complexity index is 807. The van der Waals surface area contributed by atoms with Gasteiger partial charge in [0.15, 0.2) is 0 Å². The van der Waals surface area contributed by atoms with Crippen molar-refractivity contribution >= 4 is 11.7 Å². The Morgan fingerprint density at radius 3 is 2.76 bits per heavy atom. The molecule has 1 aromatic heterocycles. The van der Waals surface area contributed by atoms with E-state index in [0.29, 0.717) is 25.2 Å². The zero-order valence-electron chi connectivity index (χ0n) is 14.6. The first-order valence-electron chi connectivity index (χ1n) is 8.17. The molecule has 0 saturated heterocycles. The second-order valence-corrected chi connectivity index (χ2v) is 6.93. The van der Waals surface area contributed by atoms with Crippen LogP contribution >= 0.6 is 0 Å². The average Bonchev–Trinajstić information content (AvgIpc) is 3.03. The largest absolute Gasteiger partial charge is 0.444 e. The van der Waals surface area contributed by atoms with E-state index in [1.807, 2.05) is 26.8 Å². The van der Waals surface area contributed by atoms with E-state index in [0.717, 1.165) is 11.3 Å². The molecule has 0 spiro atoms. The molecule has 0 atom stereocenters. The van der Waals surface area contributed by atoms with Crippen molar-refractivity contribution in [3.63, 3.8) is 0 Å². The summed E-state index contributed by atoms with van der Waals surface area (Å²) in [4.78, 5) is 13.7. The second-order valence-electron chi connectivity index (χ2n) is 6.93. The first-order chi connectivity index (χ1) is 11.8. The van der Waals surface area contributed by atoms with Crippen molar-refractivity contribution in [2.45, 2.75) is 32.8 Å². The Balaban J connectivity index is 1.69. The van der Waals surface area contributed by atoms with Gasteiger partial charge in [-0.3, -0.25) is 0 Å². The third-order valence-corrected chi connectivity index (χ3v) is 3.76. The Morgan fingerprint density at radius 1 is 1.32 bits per heavy atom. The standard InChI is InChI=1S/C18H21FN4O2/c1-18(2,3)25-17(24)22-9-7-13(8-10-22)16-12-23(21-20-16)15-6-4-5-14(19)11-15/h4-7,11-12H,8-10H2,1-3H3. The Morgan fingerprint density at radius 2 is 2.12 bits per heavy atom. The van der Waals surface area contributed by atoms with Crippen molar-refractivity contribution in [3.05, 3.63) is 48.0 Å². The molecule has 1 aliphatic rings. The van der Waals surface area contributed by atoms with Gasteiger partial charge in [-0.1, -0.05) is 17.4 Å². The van der Waals surface area contributed by atoms with Crippen LogP contribution in [0.25, 0.3) is 11.3 Å². The lowest BCUT2D eigenvalue weighted by atomic mass is 10.1. The number of carbonyl (C=O) groups excluding carboxylic acids is 1. The molecule has 1 amide bonds. The van der Waals surface area contributed by atoms with Crippen LogP contribution < -0.4 is 0 Å². The SMILES string of the molecule is CC(C)(C)OC(=O)N1CC=C(c2cn(-c3cccc(F)c3)nn2)CC1. The van der Waals surface area contributed by atoms with Crippen LogP contribution in [-0.4, -0.2) is 44.7 Å². The second kappa shape index (κ2) is 6.66. The molecule has 1 aliphatic heterocycles. The van der Waals surface area contributed by atoms with E-state index in [1.165, 1.54) is 12.1 Å². The molecular formula is C18H21FN4O2. The molecule has 0 fully saturated rings. The lowest BCUT2D eigenvalue weighted by Crippen LogP contribution is -2.39. The first kappa shape index (κ1) is 17.1. The van der Waals surface area contributed by atoms with Crippen LogP contribution in [0.1, 0.15) is 32.9 Å². The predicted octanol–water partition coefficient (Wildman–Crippen LogP) is 3.43. The molecule has 7 heteroatoms. The van der Waals surface area contributed by atoms with Crippen molar-refractivity contribution in [1.82, 2.24) is 19.9 Å². The third kappa shape index (κ3) is 4.23. The summed E-state index contributed by atoms with van der Waals surface area (Å²) >= 11 is 0. The fourth-order valence-electron chi connectivity index (χ4n) is 2.55. The summed E-state index contributed by atoms with van der Waals surface area (Å²) in [6.07, 6.45) is 4.07. The van der Waals surface area contributed by atoms with Gasteiger partial charge in [-0.25, -0.2) is 13.9 Å². The van der Waals surface area contributed by atoms with Gasteiger partial charge < -0.3 is 9.64 Å². The maximum absolute atomic E-state index is 13.3. The molecule has 0 saturated carbocycles. The summed E-state index contributed by atoms with van der Waals surface area (Å²) in [6, 6.07) is 6.18. The van der Waals surface area contributed by atoms with Crippen LogP contribution in [0.5, 0.6) is 0 Å². The molecule has 6 nitrogen and oxygen atoms in total. The summed E-state index contributed by atoms with van der Waals surface area (Å²) in [6.45, 7) is 6.58. The van der Waals surface area contributed by atoms with E-state index in [4.69, 9.17) is 4.74 Å². The van der Waals surface area contributed by atoms with Crippen LogP contribution in [0.3, 0.4) is 0 Å². The minimum atomic E-state index is -0.505. The smallest absolute Gasteiger partial charge is 0.410 e. The minimum absolute atomic E-state index is 0.314. The van der Waals surface area contributed by atoms with Crippen molar-refractivity contribution in [2.75, 3.05) is 13.1 Å². The summed E-state index contributed by atoms with van der Waals surface area (Å²) < 4.78 is 20.3. The predicted molar refractivity (Wildman–Crippen MR) is 91.7 cm³/mol. The number of hydrogen-bond acceptors (Lipinski definition) is 4. The van der Waals surface area contributed by atoms with Crippen LogP contribution in [0.4, 0.5) is 9.18 Å². The van der Waals surface area contributed by atoms with Crippen molar-refractivity contribution in [3.8, 4) is 5.69 Å². The zero-order chi connectivity index (χ0) is 18.0. The molecule has 0 N–H and O–H groups in total. The number of ether oxygens (including phenoxy) is 1. The molecule has 2 heterocycles. The Labute approximate surface area is 145 Å². The van der Waals surface area contributed by atoms with Crippen molar-refractivity contribution in [2.24, 2.45) is 0 Å². The first-order valence-corrected chi connectivity index (χ1v) is 8.17. The van der Waals surface area contributed by atoms with Crippen molar-refractivity contribution in [1.29, 1.82) is 0 Å². The number of nitrogens with zero attached hydrogens (tertiary/aromatic N) is 4. The van der Waals surface area contributed by atoms with E-state index in [9.17, 15) is 9.18 Å². The lowest BCUT2D eigenvalue weighted by molar-refractivity contribution is 0.0270. The number of amides is 1. The van der Waals surface area contributed by atoms with E-state index in [2.05, 4.69) is 10.3 Å². The number of aromatic nitrogens is 3. The summed E-state index contributed by atoms with van der Waals surface area (Å²) in [5, 5.41) is 8.22. The molecule has 0 aliphatic carbocycles. The number of rotatable bonds is 2. The Kier molecular flexibility index (Phi) is 4.57. The maximum atomic E-state index is 13.3. The average molecular weight is 344 g/mol.